The molecular weight excluding hydrogens is 348 g/mol. The Hall–Kier alpha value is -1.37. The van der Waals surface area contributed by atoms with Gasteiger partial charge in [0.1, 0.15) is 0 Å². The number of ether oxygens (including phenoxy) is 1. The number of methoxy groups -OCH3 is 1. The summed E-state index contributed by atoms with van der Waals surface area (Å²) in [6, 6.07) is 8.10. The van der Waals surface area contributed by atoms with Crippen molar-refractivity contribution in [2.45, 2.75) is 6.54 Å². The Kier molecular flexibility index (Phi) is 4.00. The van der Waals surface area contributed by atoms with Gasteiger partial charge in [-0.05, 0) is 34.7 Å². The minimum atomic E-state index is -0.425. The molecule has 0 saturated heterocycles. The van der Waals surface area contributed by atoms with Crippen LogP contribution in [0.3, 0.4) is 0 Å². The number of hydrogen-bond donors (Lipinski definition) is 0. The molecule has 0 aliphatic heterocycles. The highest BCUT2D eigenvalue weighted by molar-refractivity contribution is 14.1. The second kappa shape index (κ2) is 5.51. The molecule has 0 bridgehead atoms. The lowest BCUT2D eigenvalue weighted by atomic mass is 10.2. The van der Waals surface area contributed by atoms with Crippen LogP contribution in [0.25, 0.3) is 0 Å². The quantitative estimate of drug-likeness (QED) is 0.790. The number of hydrogen-bond acceptors (Lipinski definition) is 2. The number of pyridine rings is 1. The summed E-state index contributed by atoms with van der Waals surface area (Å²) in [7, 11) is 1.42. The van der Waals surface area contributed by atoms with Gasteiger partial charge in [0.15, 0.2) is 11.6 Å². The first-order chi connectivity index (χ1) is 8.61. The molecule has 0 aliphatic carbocycles. The number of aromatic nitrogens is 1. The van der Waals surface area contributed by atoms with Crippen LogP contribution in [0.4, 0.5) is 4.39 Å². The van der Waals surface area contributed by atoms with E-state index in [1.807, 2.05) is 0 Å². The summed E-state index contributed by atoms with van der Waals surface area (Å²) in [5.41, 5.74) is 0.274. The van der Waals surface area contributed by atoms with E-state index in [2.05, 4.69) is 22.6 Å². The number of rotatable bonds is 3. The summed E-state index contributed by atoms with van der Waals surface area (Å²) < 4.78 is 21.3. The molecule has 0 fully saturated rings. The lowest BCUT2D eigenvalue weighted by Gasteiger charge is -2.09. The normalized spacial score (nSPS) is 10.4. The van der Waals surface area contributed by atoms with Gasteiger partial charge in [-0.1, -0.05) is 12.1 Å². The third-order valence-electron chi connectivity index (χ3n) is 2.55. The van der Waals surface area contributed by atoms with Gasteiger partial charge in [-0.2, -0.15) is 0 Å². The minimum absolute atomic E-state index is 0.155. The van der Waals surface area contributed by atoms with E-state index >= 15 is 0 Å². The maximum Gasteiger partial charge on any atom is 0.250 e. The van der Waals surface area contributed by atoms with Crippen molar-refractivity contribution in [3.05, 3.63) is 61.8 Å². The van der Waals surface area contributed by atoms with Gasteiger partial charge < -0.3 is 9.30 Å². The van der Waals surface area contributed by atoms with Gasteiger partial charge in [0, 0.05) is 21.4 Å². The molecule has 0 unspecified atom stereocenters. The highest BCUT2D eigenvalue weighted by atomic mass is 127. The summed E-state index contributed by atoms with van der Waals surface area (Å²) in [5.74, 6) is -0.239. The average Bonchev–Trinajstić information content (AvgIpc) is 2.36. The Morgan fingerprint density at radius 3 is 2.83 bits per heavy atom. The molecule has 2 rings (SSSR count). The smallest absolute Gasteiger partial charge is 0.250 e. The van der Waals surface area contributed by atoms with Crippen molar-refractivity contribution in [1.29, 1.82) is 0 Å². The van der Waals surface area contributed by atoms with E-state index in [1.54, 1.807) is 30.5 Å². The SMILES string of the molecule is COc1cccc(Cn2cc(I)ccc2=O)c1F. The van der Waals surface area contributed by atoms with E-state index in [4.69, 9.17) is 4.74 Å². The predicted octanol–water partition coefficient (Wildman–Crippen LogP) is 2.65. The molecule has 1 heterocycles. The van der Waals surface area contributed by atoms with E-state index in [0.29, 0.717) is 5.56 Å². The predicted molar refractivity (Wildman–Crippen MR) is 75.5 cm³/mol. The molecule has 0 amide bonds. The van der Waals surface area contributed by atoms with Crippen LogP contribution in [0.1, 0.15) is 5.56 Å². The van der Waals surface area contributed by atoms with Crippen molar-refractivity contribution >= 4 is 22.6 Å². The standard InChI is InChI=1S/C13H11FINO2/c1-18-11-4-2-3-9(13(11)14)7-16-8-10(15)5-6-12(16)17/h2-6,8H,7H2,1H3. The molecule has 94 valence electrons. The van der Waals surface area contributed by atoms with Gasteiger partial charge in [-0.3, -0.25) is 4.79 Å². The first kappa shape index (κ1) is 13.1. The fraction of sp³-hybridized carbons (Fsp3) is 0.154. The minimum Gasteiger partial charge on any atom is -0.494 e. The highest BCUT2D eigenvalue weighted by Crippen LogP contribution is 2.20. The third-order valence-corrected chi connectivity index (χ3v) is 3.19. The Morgan fingerprint density at radius 2 is 2.11 bits per heavy atom. The molecule has 0 aliphatic rings. The summed E-state index contributed by atoms with van der Waals surface area (Å²) in [6.07, 6.45) is 1.70. The molecule has 5 heteroatoms. The second-order valence-corrected chi connectivity index (χ2v) is 4.99. The maximum atomic E-state index is 13.9. The van der Waals surface area contributed by atoms with Crippen LogP contribution in [0.2, 0.25) is 0 Å². The van der Waals surface area contributed by atoms with Gasteiger partial charge in [-0.15, -0.1) is 0 Å². The second-order valence-electron chi connectivity index (χ2n) is 3.75. The number of nitrogens with zero attached hydrogens (tertiary/aromatic N) is 1. The molecule has 0 spiro atoms. The van der Waals surface area contributed by atoms with E-state index in [0.717, 1.165) is 3.57 Å². The Morgan fingerprint density at radius 1 is 1.33 bits per heavy atom. The molecule has 1 aromatic carbocycles. The zero-order chi connectivity index (χ0) is 13.1. The number of halogens is 2. The van der Waals surface area contributed by atoms with Gasteiger partial charge in [0.25, 0.3) is 5.56 Å². The molecule has 0 N–H and O–H groups in total. The fourth-order valence-electron chi connectivity index (χ4n) is 1.65. The Labute approximate surface area is 117 Å². The third kappa shape index (κ3) is 2.72. The van der Waals surface area contributed by atoms with E-state index in [1.165, 1.54) is 17.7 Å². The van der Waals surface area contributed by atoms with Crippen LogP contribution < -0.4 is 10.3 Å². The van der Waals surface area contributed by atoms with Crippen molar-refractivity contribution in [1.82, 2.24) is 4.57 Å². The fourth-order valence-corrected chi connectivity index (χ4v) is 2.16. The summed E-state index contributed by atoms with van der Waals surface area (Å²) in [6.45, 7) is 0.193. The van der Waals surface area contributed by atoms with E-state index in [9.17, 15) is 9.18 Å². The van der Waals surface area contributed by atoms with Crippen molar-refractivity contribution in [3.8, 4) is 5.75 Å². The number of benzene rings is 1. The zero-order valence-electron chi connectivity index (χ0n) is 9.69. The summed E-state index contributed by atoms with van der Waals surface area (Å²) in [4.78, 5) is 11.6. The first-order valence-corrected chi connectivity index (χ1v) is 6.37. The van der Waals surface area contributed by atoms with E-state index in [-0.39, 0.29) is 17.9 Å². The lowest BCUT2D eigenvalue weighted by Crippen LogP contribution is -2.19. The Bertz CT molecular complexity index is 625. The van der Waals surface area contributed by atoms with Gasteiger partial charge in [0.2, 0.25) is 0 Å². The van der Waals surface area contributed by atoms with Gasteiger partial charge in [-0.25, -0.2) is 4.39 Å². The summed E-state index contributed by atoms with van der Waals surface area (Å²) >= 11 is 2.11. The van der Waals surface area contributed by atoms with Gasteiger partial charge >= 0.3 is 0 Å². The van der Waals surface area contributed by atoms with Crippen LogP contribution in [-0.2, 0) is 6.54 Å². The molecule has 18 heavy (non-hydrogen) atoms. The maximum absolute atomic E-state index is 13.9. The molecule has 0 atom stereocenters. The summed E-state index contributed by atoms with van der Waals surface area (Å²) in [5, 5.41) is 0. The lowest BCUT2D eigenvalue weighted by molar-refractivity contribution is 0.383. The monoisotopic (exact) mass is 359 g/mol. The molecule has 1 aromatic heterocycles. The first-order valence-electron chi connectivity index (χ1n) is 5.29. The van der Waals surface area contributed by atoms with Crippen molar-refractivity contribution in [3.63, 3.8) is 0 Å². The van der Waals surface area contributed by atoms with Crippen LogP contribution >= 0.6 is 22.6 Å². The van der Waals surface area contributed by atoms with Crippen LogP contribution in [-0.4, -0.2) is 11.7 Å². The molecule has 2 aromatic rings. The van der Waals surface area contributed by atoms with Crippen LogP contribution in [0, 0.1) is 9.39 Å². The van der Waals surface area contributed by atoms with Crippen molar-refractivity contribution in [2.24, 2.45) is 0 Å². The Balaban J connectivity index is 2.40. The zero-order valence-corrected chi connectivity index (χ0v) is 11.8. The molecule has 0 saturated carbocycles. The topological polar surface area (TPSA) is 31.2 Å². The van der Waals surface area contributed by atoms with Gasteiger partial charge in [0.05, 0.1) is 13.7 Å². The largest absolute Gasteiger partial charge is 0.494 e. The molecular formula is C13H11FINO2. The van der Waals surface area contributed by atoms with Crippen molar-refractivity contribution < 1.29 is 9.13 Å². The van der Waals surface area contributed by atoms with Crippen molar-refractivity contribution in [2.75, 3.05) is 7.11 Å². The average molecular weight is 359 g/mol. The highest BCUT2D eigenvalue weighted by Gasteiger charge is 2.09. The molecule has 0 radical (unpaired) electrons. The van der Waals surface area contributed by atoms with Crippen LogP contribution in [0.5, 0.6) is 5.75 Å². The molecule has 3 nitrogen and oxygen atoms in total. The van der Waals surface area contributed by atoms with E-state index < -0.39 is 5.82 Å². The van der Waals surface area contributed by atoms with Crippen LogP contribution in [0.15, 0.2) is 41.3 Å².